The summed E-state index contributed by atoms with van der Waals surface area (Å²) in [4.78, 5) is 0. The standard InChI is InChI=1S/C3H9N.Cl3HSi/c1-2-3-4;1-4(2)3/h2-4H2,1H3;4H. The van der Waals surface area contributed by atoms with Crippen LogP contribution in [0.4, 0.5) is 0 Å². The highest BCUT2D eigenvalue weighted by atomic mass is 35.8. The quantitative estimate of drug-likeness (QED) is 0.500. The number of hydrogen-bond donors (Lipinski definition) is 1. The van der Waals surface area contributed by atoms with Crippen molar-refractivity contribution in [3.05, 3.63) is 0 Å². The van der Waals surface area contributed by atoms with Gasteiger partial charge in [0.1, 0.15) is 0 Å². The fourth-order valence-electron chi connectivity index (χ4n) is 0. The lowest BCUT2D eigenvalue weighted by Gasteiger charge is -1.70. The molecule has 0 aromatic rings. The highest BCUT2D eigenvalue weighted by molar-refractivity contribution is 7.54. The van der Waals surface area contributed by atoms with Gasteiger partial charge >= 0.3 is 6.73 Å². The maximum Gasteiger partial charge on any atom is 0.326 e. The van der Waals surface area contributed by atoms with Gasteiger partial charge in [-0.15, -0.1) is 33.2 Å². The molecule has 1 nitrogen and oxygen atoms in total. The fraction of sp³-hybridized carbons (Fsp3) is 1.00. The van der Waals surface area contributed by atoms with Gasteiger partial charge in [0.05, 0.1) is 0 Å². The molecule has 0 atom stereocenters. The number of nitrogens with two attached hydrogens (primary N) is 1. The van der Waals surface area contributed by atoms with Crippen LogP contribution >= 0.6 is 33.2 Å². The first-order valence-electron chi connectivity index (χ1n) is 2.27. The molecule has 2 N–H and O–H groups in total. The molecule has 0 unspecified atom stereocenters. The summed E-state index contributed by atoms with van der Waals surface area (Å²) in [6.45, 7) is 1.15. The molecule has 0 rings (SSSR count). The van der Waals surface area contributed by atoms with E-state index in [1.54, 1.807) is 0 Å². The van der Waals surface area contributed by atoms with Gasteiger partial charge in [-0.25, -0.2) is 0 Å². The summed E-state index contributed by atoms with van der Waals surface area (Å²) in [5.41, 5.74) is 5.03. The molecule has 0 saturated carbocycles. The third kappa shape index (κ3) is 61.5. The summed E-state index contributed by atoms with van der Waals surface area (Å²) in [6, 6.07) is 0. The first-order valence-corrected chi connectivity index (χ1v) is 7.51. The zero-order chi connectivity index (χ0) is 6.99. The van der Waals surface area contributed by atoms with Crippen LogP contribution in [0.3, 0.4) is 0 Å². The molecule has 0 aromatic heterocycles. The Morgan fingerprint density at radius 3 is 1.50 bits per heavy atom. The van der Waals surface area contributed by atoms with Crippen molar-refractivity contribution >= 4 is 40.0 Å². The zero-order valence-corrected chi connectivity index (χ0v) is 8.13. The molecule has 0 aliphatic heterocycles. The largest absolute Gasteiger partial charge is 0.330 e. The highest BCUT2D eigenvalue weighted by Crippen LogP contribution is 1.97. The van der Waals surface area contributed by atoms with E-state index in [1.165, 1.54) is 0 Å². The summed E-state index contributed by atoms with van der Waals surface area (Å²) in [5, 5.41) is 0. The van der Waals surface area contributed by atoms with Crippen molar-refractivity contribution < 1.29 is 0 Å². The Labute approximate surface area is 65.8 Å². The zero-order valence-electron chi connectivity index (χ0n) is 4.70. The van der Waals surface area contributed by atoms with Crippen LogP contribution in [-0.2, 0) is 0 Å². The van der Waals surface area contributed by atoms with Gasteiger partial charge in [0.15, 0.2) is 0 Å². The molecule has 5 heteroatoms. The van der Waals surface area contributed by atoms with Gasteiger partial charge in [0.2, 0.25) is 0 Å². The van der Waals surface area contributed by atoms with Crippen molar-refractivity contribution in [1.82, 2.24) is 0 Å². The van der Waals surface area contributed by atoms with E-state index >= 15 is 0 Å². The van der Waals surface area contributed by atoms with Crippen molar-refractivity contribution in [2.75, 3.05) is 6.54 Å². The van der Waals surface area contributed by atoms with Crippen molar-refractivity contribution in [1.29, 1.82) is 0 Å². The van der Waals surface area contributed by atoms with Gasteiger partial charge < -0.3 is 5.73 Å². The Morgan fingerprint density at radius 2 is 1.50 bits per heavy atom. The molecule has 0 aliphatic carbocycles. The van der Waals surface area contributed by atoms with E-state index in [0.717, 1.165) is 13.0 Å². The second kappa shape index (κ2) is 10.9. The lowest BCUT2D eigenvalue weighted by molar-refractivity contribution is 0.932. The maximum absolute atomic E-state index is 5.03. The van der Waals surface area contributed by atoms with Gasteiger partial charge in [-0.2, -0.15) is 0 Å². The van der Waals surface area contributed by atoms with Crippen LogP contribution in [0, 0.1) is 0 Å². The molecule has 0 heterocycles. The molecule has 0 saturated heterocycles. The predicted molar refractivity (Wildman–Crippen MR) is 44.1 cm³/mol. The lowest BCUT2D eigenvalue weighted by Crippen LogP contribution is -1.93. The minimum absolute atomic E-state index is 0.819. The van der Waals surface area contributed by atoms with E-state index in [-0.39, 0.29) is 0 Å². The average molecular weight is 195 g/mol. The van der Waals surface area contributed by atoms with Crippen molar-refractivity contribution in [3.63, 3.8) is 0 Å². The lowest BCUT2D eigenvalue weighted by atomic mass is 10.5. The van der Waals surface area contributed by atoms with Gasteiger partial charge in [0.25, 0.3) is 0 Å². The minimum atomic E-state index is -1.72. The van der Waals surface area contributed by atoms with E-state index in [9.17, 15) is 0 Å². The van der Waals surface area contributed by atoms with E-state index in [0.29, 0.717) is 0 Å². The molecule has 0 amide bonds. The molecule has 0 fully saturated rings. The first-order chi connectivity index (χ1) is 3.65. The summed E-state index contributed by atoms with van der Waals surface area (Å²) >= 11 is 14.8. The van der Waals surface area contributed by atoms with E-state index in [2.05, 4.69) is 6.92 Å². The van der Waals surface area contributed by atoms with Gasteiger partial charge in [-0.05, 0) is 13.0 Å². The Kier molecular flexibility index (Phi) is 16.1. The molecule has 0 bridgehead atoms. The van der Waals surface area contributed by atoms with Crippen LogP contribution in [0.1, 0.15) is 13.3 Å². The van der Waals surface area contributed by atoms with Crippen LogP contribution in [0.15, 0.2) is 0 Å². The Bertz CT molecular complexity index is 31.0. The summed E-state index contributed by atoms with van der Waals surface area (Å²) < 4.78 is 0. The summed E-state index contributed by atoms with van der Waals surface area (Å²) in [6.07, 6.45) is 1.10. The SMILES string of the molecule is CCCN.Cl[SiH](Cl)Cl. The second-order valence-corrected chi connectivity index (χ2v) is 7.47. The van der Waals surface area contributed by atoms with Crippen LogP contribution < -0.4 is 5.73 Å². The van der Waals surface area contributed by atoms with E-state index in [4.69, 9.17) is 39.0 Å². The van der Waals surface area contributed by atoms with Crippen LogP contribution in [-0.4, -0.2) is 13.3 Å². The van der Waals surface area contributed by atoms with Gasteiger partial charge in [-0.3, -0.25) is 0 Å². The molecule has 0 radical (unpaired) electrons. The van der Waals surface area contributed by atoms with E-state index < -0.39 is 6.73 Å². The number of hydrogen-bond acceptors (Lipinski definition) is 1. The fourth-order valence-corrected chi connectivity index (χ4v) is 0. The monoisotopic (exact) mass is 193 g/mol. The average Bonchev–Trinajstić information content (AvgIpc) is 1.65. The molecular formula is C3H10Cl3NSi. The second-order valence-electron chi connectivity index (χ2n) is 1.04. The molecule has 52 valence electrons. The van der Waals surface area contributed by atoms with Crippen molar-refractivity contribution in [2.45, 2.75) is 13.3 Å². The minimum Gasteiger partial charge on any atom is -0.330 e. The highest BCUT2D eigenvalue weighted by Gasteiger charge is 1.85. The van der Waals surface area contributed by atoms with Gasteiger partial charge in [-0.1, -0.05) is 6.92 Å². The van der Waals surface area contributed by atoms with Crippen LogP contribution in [0.2, 0.25) is 0 Å². The Morgan fingerprint density at radius 1 is 1.38 bits per heavy atom. The third-order valence-corrected chi connectivity index (χ3v) is 0.289. The number of rotatable bonds is 1. The first kappa shape index (κ1) is 11.8. The topological polar surface area (TPSA) is 26.0 Å². The number of halogens is 3. The molecule has 0 aromatic carbocycles. The van der Waals surface area contributed by atoms with Crippen molar-refractivity contribution in [2.24, 2.45) is 5.73 Å². The normalized spacial score (nSPS) is 8.25. The third-order valence-electron chi connectivity index (χ3n) is 0.289. The maximum atomic E-state index is 5.03. The summed E-state index contributed by atoms with van der Waals surface area (Å²) in [7, 11) is 0. The molecular weight excluding hydrogens is 184 g/mol. The molecule has 0 spiro atoms. The smallest absolute Gasteiger partial charge is 0.326 e. The Balaban J connectivity index is 0. The predicted octanol–water partition coefficient (Wildman–Crippen LogP) is 1.78. The molecule has 0 aliphatic rings. The van der Waals surface area contributed by atoms with Crippen LogP contribution in [0.25, 0.3) is 0 Å². The van der Waals surface area contributed by atoms with Crippen molar-refractivity contribution in [3.8, 4) is 0 Å². The van der Waals surface area contributed by atoms with Gasteiger partial charge in [0, 0.05) is 0 Å². The summed E-state index contributed by atoms with van der Waals surface area (Å²) in [5.74, 6) is 0. The Hall–Kier alpha value is 1.05. The van der Waals surface area contributed by atoms with Crippen LogP contribution in [0.5, 0.6) is 0 Å². The molecule has 8 heavy (non-hydrogen) atoms. The van der Waals surface area contributed by atoms with E-state index in [1.807, 2.05) is 0 Å².